The minimum atomic E-state index is -0.0435. The first-order chi connectivity index (χ1) is 30.0. The Morgan fingerprint density at radius 3 is 1.52 bits per heavy atom. The Labute approximate surface area is 364 Å². The van der Waals surface area contributed by atoms with E-state index in [0.717, 1.165) is 45.4 Å². The first kappa shape index (κ1) is 35.9. The highest BCUT2D eigenvalue weighted by atomic mass is 32.1. The highest BCUT2D eigenvalue weighted by molar-refractivity contribution is 7.27. The SMILES string of the molecule is CC(C)(C)c1ccc2c(c1)B1c3cc(C(C)(C)C)ccc3Oc3cc(-n4c5ccccc5c5c6sc7ccccc7c6c6c(c7ccccc7n6-c6ccccc6)c54)cc(c31)O2. The zero-order valence-electron chi connectivity index (χ0n) is 35.6. The molecule has 0 aliphatic carbocycles. The van der Waals surface area contributed by atoms with Gasteiger partial charge in [0, 0.05) is 65.0 Å². The molecule has 0 saturated heterocycles. The van der Waals surface area contributed by atoms with E-state index in [1.54, 1.807) is 0 Å². The van der Waals surface area contributed by atoms with Crippen molar-refractivity contribution >= 4 is 98.2 Å². The van der Waals surface area contributed by atoms with Gasteiger partial charge in [-0.3, -0.25) is 0 Å². The molecule has 11 aromatic rings. The third-order valence-corrected chi connectivity index (χ3v) is 14.7. The minimum absolute atomic E-state index is 0.0193. The zero-order valence-corrected chi connectivity index (χ0v) is 36.4. The van der Waals surface area contributed by atoms with E-state index in [1.807, 2.05) is 11.3 Å². The third kappa shape index (κ3) is 4.90. The van der Waals surface area contributed by atoms with Crippen molar-refractivity contribution in [1.82, 2.24) is 9.13 Å². The maximum absolute atomic E-state index is 7.10. The van der Waals surface area contributed by atoms with E-state index in [1.165, 1.54) is 80.3 Å². The Morgan fingerprint density at radius 2 is 0.935 bits per heavy atom. The zero-order chi connectivity index (χ0) is 41.8. The van der Waals surface area contributed by atoms with Gasteiger partial charge in [0.1, 0.15) is 23.0 Å². The monoisotopic (exact) mass is 818 g/mol. The molecule has 0 N–H and O–H groups in total. The van der Waals surface area contributed by atoms with Crippen molar-refractivity contribution in [2.24, 2.45) is 0 Å². The number of hydrogen-bond donors (Lipinski definition) is 0. The number of hydrogen-bond acceptors (Lipinski definition) is 3. The summed E-state index contributed by atoms with van der Waals surface area (Å²) in [7, 11) is 0. The number of nitrogens with zero attached hydrogens (tertiary/aromatic N) is 2. The van der Waals surface area contributed by atoms with Gasteiger partial charge in [-0.25, -0.2) is 0 Å². The maximum atomic E-state index is 7.10. The Bertz CT molecular complexity index is 3640. The fraction of sp³-hybridized carbons (Fsp3) is 0.143. The lowest BCUT2D eigenvalue weighted by atomic mass is 9.34. The van der Waals surface area contributed by atoms with Gasteiger partial charge in [-0.1, -0.05) is 139 Å². The molecule has 2 aliphatic heterocycles. The van der Waals surface area contributed by atoms with Crippen LogP contribution in [0.15, 0.2) is 152 Å². The number of rotatable bonds is 2. The highest BCUT2D eigenvalue weighted by Gasteiger charge is 2.42. The van der Waals surface area contributed by atoms with Crippen molar-refractivity contribution in [1.29, 1.82) is 0 Å². The Hall–Kier alpha value is -6.76. The van der Waals surface area contributed by atoms with Crippen molar-refractivity contribution in [3.63, 3.8) is 0 Å². The van der Waals surface area contributed by atoms with Crippen LogP contribution in [0.4, 0.5) is 0 Å². The second-order valence-corrected chi connectivity index (χ2v) is 20.3. The lowest BCUT2D eigenvalue weighted by Gasteiger charge is -2.35. The summed E-state index contributed by atoms with van der Waals surface area (Å²) < 4.78 is 21.8. The summed E-state index contributed by atoms with van der Waals surface area (Å²) in [6.07, 6.45) is 0. The second-order valence-electron chi connectivity index (χ2n) is 19.3. The molecule has 0 saturated carbocycles. The molecule has 3 aromatic heterocycles. The van der Waals surface area contributed by atoms with Crippen LogP contribution in [0, 0.1) is 0 Å². The number of fused-ring (bicyclic) bond motifs is 16. The molecule has 6 heteroatoms. The van der Waals surface area contributed by atoms with Gasteiger partial charge < -0.3 is 18.6 Å². The molecule has 8 aromatic carbocycles. The summed E-state index contributed by atoms with van der Waals surface area (Å²) in [6, 6.07) is 55.8. The summed E-state index contributed by atoms with van der Waals surface area (Å²) in [5, 5.41) is 7.53. The number of aromatic nitrogens is 2. The van der Waals surface area contributed by atoms with Gasteiger partial charge in [-0.2, -0.15) is 0 Å². The predicted molar refractivity (Wildman–Crippen MR) is 263 cm³/mol. The van der Waals surface area contributed by atoms with E-state index in [4.69, 9.17) is 9.47 Å². The van der Waals surface area contributed by atoms with Crippen LogP contribution in [-0.2, 0) is 10.8 Å². The number of para-hydroxylation sites is 3. The topological polar surface area (TPSA) is 28.3 Å². The van der Waals surface area contributed by atoms with Crippen molar-refractivity contribution in [2.75, 3.05) is 0 Å². The molecule has 5 heterocycles. The quantitative estimate of drug-likeness (QED) is 0.163. The van der Waals surface area contributed by atoms with Crippen molar-refractivity contribution in [2.45, 2.75) is 52.4 Å². The van der Waals surface area contributed by atoms with Crippen LogP contribution in [-0.4, -0.2) is 15.8 Å². The molecule has 0 atom stereocenters. The summed E-state index contributed by atoms with van der Waals surface area (Å²) in [5.74, 6) is 3.47. The largest absolute Gasteiger partial charge is 0.458 e. The fourth-order valence-corrected chi connectivity index (χ4v) is 11.8. The summed E-state index contributed by atoms with van der Waals surface area (Å²) in [6.45, 7) is 13.7. The summed E-state index contributed by atoms with van der Waals surface area (Å²) in [4.78, 5) is 0. The molecule has 298 valence electrons. The van der Waals surface area contributed by atoms with Crippen LogP contribution in [0.25, 0.3) is 75.2 Å². The van der Waals surface area contributed by atoms with E-state index in [0.29, 0.717) is 0 Å². The van der Waals surface area contributed by atoms with E-state index in [2.05, 4.69) is 202 Å². The molecule has 0 fully saturated rings. The number of ether oxygens (including phenoxy) is 2. The Kier molecular flexibility index (Phi) is 7.21. The molecular weight excluding hydrogens is 776 g/mol. The fourth-order valence-electron chi connectivity index (χ4n) is 10.5. The molecule has 0 spiro atoms. The molecule has 4 nitrogen and oxygen atoms in total. The first-order valence-electron chi connectivity index (χ1n) is 21.7. The van der Waals surface area contributed by atoms with Gasteiger partial charge in [-0.05, 0) is 75.3 Å². The molecule has 13 rings (SSSR count). The molecule has 0 amide bonds. The molecule has 0 unspecified atom stereocenters. The smallest absolute Gasteiger partial charge is 0.260 e. The summed E-state index contributed by atoms with van der Waals surface area (Å²) >= 11 is 1.90. The number of thiophene rings is 1. The van der Waals surface area contributed by atoms with Crippen LogP contribution < -0.4 is 25.9 Å². The van der Waals surface area contributed by atoms with Crippen LogP contribution >= 0.6 is 11.3 Å². The Balaban J connectivity index is 1.17. The molecule has 0 bridgehead atoms. The van der Waals surface area contributed by atoms with Gasteiger partial charge in [0.2, 0.25) is 0 Å². The highest BCUT2D eigenvalue weighted by Crippen LogP contribution is 2.52. The van der Waals surface area contributed by atoms with E-state index in [9.17, 15) is 0 Å². The predicted octanol–water partition coefficient (Wildman–Crippen LogP) is 13.6. The van der Waals surface area contributed by atoms with Crippen molar-refractivity contribution < 1.29 is 9.47 Å². The Morgan fingerprint density at radius 1 is 0.452 bits per heavy atom. The van der Waals surface area contributed by atoms with E-state index < -0.39 is 0 Å². The van der Waals surface area contributed by atoms with Crippen LogP contribution in [0.1, 0.15) is 52.7 Å². The third-order valence-electron chi connectivity index (χ3n) is 13.5. The molecular formula is C56H43BN2O2S. The maximum Gasteiger partial charge on any atom is 0.260 e. The molecule has 0 radical (unpaired) electrons. The van der Waals surface area contributed by atoms with Gasteiger partial charge in [-0.15, -0.1) is 11.3 Å². The number of benzene rings is 8. The molecule has 62 heavy (non-hydrogen) atoms. The first-order valence-corrected chi connectivity index (χ1v) is 22.5. The second kappa shape index (κ2) is 12.4. The lowest BCUT2D eigenvalue weighted by Crippen LogP contribution is -2.57. The standard InChI is InChI=1S/C56H43BN2O2S/c1-55(2,3)32-24-26-43-39(28-32)57-40-29-33(56(4,5)6)25-27-44(40)61-46-31-35(30-45(60-43)51(46)57)59-42-22-14-11-19-37(42)49-52(59)48-36-18-10-13-21-41(36)58(34-16-8-7-9-17-34)53(48)50-38-20-12-15-23-47(38)62-54(49)50/h7-31H,1-6H3. The van der Waals surface area contributed by atoms with Crippen molar-refractivity contribution in [3.05, 3.63) is 163 Å². The summed E-state index contributed by atoms with van der Waals surface area (Å²) in [5.41, 5.74) is 12.9. The van der Waals surface area contributed by atoms with Gasteiger partial charge >= 0.3 is 0 Å². The van der Waals surface area contributed by atoms with Gasteiger partial charge in [0.05, 0.1) is 27.8 Å². The molecule has 2 aliphatic rings. The lowest BCUT2D eigenvalue weighted by molar-refractivity contribution is 0.463. The van der Waals surface area contributed by atoms with Gasteiger partial charge in [0.25, 0.3) is 6.71 Å². The van der Waals surface area contributed by atoms with Crippen LogP contribution in [0.2, 0.25) is 0 Å². The van der Waals surface area contributed by atoms with Crippen LogP contribution in [0.5, 0.6) is 23.0 Å². The average Bonchev–Trinajstić information content (AvgIpc) is 3.93. The van der Waals surface area contributed by atoms with Crippen molar-refractivity contribution in [3.8, 4) is 34.4 Å². The van der Waals surface area contributed by atoms with Crippen LogP contribution in [0.3, 0.4) is 0 Å². The average molecular weight is 819 g/mol. The normalized spacial score (nSPS) is 13.5. The van der Waals surface area contributed by atoms with E-state index >= 15 is 0 Å². The van der Waals surface area contributed by atoms with E-state index in [-0.39, 0.29) is 17.5 Å². The van der Waals surface area contributed by atoms with Gasteiger partial charge in [0.15, 0.2) is 0 Å². The minimum Gasteiger partial charge on any atom is -0.458 e.